The van der Waals surface area contributed by atoms with Crippen molar-refractivity contribution >= 4 is 12.0 Å². The van der Waals surface area contributed by atoms with E-state index >= 15 is 0 Å². The average Bonchev–Trinajstić information content (AvgIpc) is 2.26. The van der Waals surface area contributed by atoms with Gasteiger partial charge >= 0.3 is 12.0 Å². The lowest BCUT2D eigenvalue weighted by atomic mass is 9.90. The van der Waals surface area contributed by atoms with E-state index in [1.807, 2.05) is 20.8 Å². The standard InChI is InChI=1S/C11H22N2O3/c1-5-11(6-2,7-3)13-10(16)12-8(4)9(14)15/h8H,5-7H2,1-4H3,(H,14,15)(H2,12,13,16)/t8-/m1/s1. The van der Waals surface area contributed by atoms with Gasteiger partial charge in [-0.2, -0.15) is 0 Å². The van der Waals surface area contributed by atoms with Crippen LogP contribution in [0.5, 0.6) is 0 Å². The van der Waals surface area contributed by atoms with Gasteiger partial charge in [-0.25, -0.2) is 4.79 Å². The Balaban J connectivity index is 4.36. The number of carbonyl (C=O) groups is 2. The molecular formula is C11H22N2O3. The summed E-state index contributed by atoms with van der Waals surface area (Å²) in [6.45, 7) is 7.46. The Morgan fingerprint density at radius 2 is 1.62 bits per heavy atom. The number of carboxylic acid groups (broad SMARTS) is 1. The van der Waals surface area contributed by atoms with Crippen LogP contribution in [0.3, 0.4) is 0 Å². The van der Waals surface area contributed by atoms with Gasteiger partial charge in [0.05, 0.1) is 0 Å². The molecule has 0 saturated heterocycles. The Kier molecular flexibility index (Phi) is 5.85. The molecule has 0 aliphatic carbocycles. The molecule has 0 unspecified atom stereocenters. The smallest absolute Gasteiger partial charge is 0.325 e. The van der Waals surface area contributed by atoms with Gasteiger partial charge in [0.25, 0.3) is 0 Å². The number of hydrogen-bond acceptors (Lipinski definition) is 2. The zero-order valence-electron chi connectivity index (χ0n) is 10.5. The maximum Gasteiger partial charge on any atom is 0.325 e. The van der Waals surface area contributed by atoms with Crippen LogP contribution in [0.1, 0.15) is 47.0 Å². The van der Waals surface area contributed by atoms with E-state index < -0.39 is 18.0 Å². The van der Waals surface area contributed by atoms with E-state index in [1.54, 1.807) is 0 Å². The quantitative estimate of drug-likeness (QED) is 0.650. The van der Waals surface area contributed by atoms with Crippen molar-refractivity contribution in [1.29, 1.82) is 0 Å². The van der Waals surface area contributed by atoms with Crippen molar-refractivity contribution in [3.8, 4) is 0 Å². The highest BCUT2D eigenvalue weighted by atomic mass is 16.4. The minimum Gasteiger partial charge on any atom is -0.480 e. The summed E-state index contributed by atoms with van der Waals surface area (Å²) in [6.07, 6.45) is 2.48. The van der Waals surface area contributed by atoms with Crippen LogP contribution >= 0.6 is 0 Å². The monoisotopic (exact) mass is 230 g/mol. The number of carboxylic acids is 1. The molecule has 0 aliphatic rings. The summed E-state index contributed by atoms with van der Waals surface area (Å²) in [6, 6.07) is -1.29. The van der Waals surface area contributed by atoms with Crippen LogP contribution in [0.25, 0.3) is 0 Å². The highest BCUT2D eigenvalue weighted by Gasteiger charge is 2.26. The minimum atomic E-state index is -1.04. The molecular weight excluding hydrogens is 208 g/mol. The topological polar surface area (TPSA) is 78.4 Å². The molecule has 0 spiro atoms. The number of urea groups is 1. The molecule has 5 heteroatoms. The van der Waals surface area contributed by atoms with Gasteiger partial charge in [0.1, 0.15) is 6.04 Å². The third kappa shape index (κ3) is 4.08. The van der Waals surface area contributed by atoms with Crippen LogP contribution in [-0.4, -0.2) is 28.7 Å². The predicted molar refractivity (Wildman–Crippen MR) is 62.4 cm³/mol. The highest BCUT2D eigenvalue weighted by Crippen LogP contribution is 2.18. The number of rotatable bonds is 6. The first-order valence-electron chi connectivity index (χ1n) is 5.72. The van der Waals surface area contributed by atoms with Gasteiger partial charge in [-0.3, -0.25) is 4.79 Å². The number of nitrogens with one attached hydrogen (secondary N) is 2. The van der Waals surface area contributed by atoms with E-state index in [2.05, 4.69) is 10.6 Å². The first-order valence-corrected chi connectivity index (χ1v) is 5.72. The second-order valence-electron chi connectivity index (χ2n) is 4.00. The van der Waals surface area contributed by atoms with Crippen LogP contribution in [0.15, 0.2) is 0 Å². The lowest BCUT2D eigenvalue weighted by Gasteiger charge is -2.32. The zero-order chi connectivity index (χ0) is 12.8. The van der Waals surface area contributed by atoms with E-state index in [1.165, 1.54) is 6.92 Å². The molecule has 0 aliphatic heterocycles. The maximum absolute atomic E-state index is 11.6. The average molecular weight is 230 g/mol. The van der Waals surface area contributed by atoms with Crippen LogP contribution in [0, 0.1) is 0 Å². The molecule has 0 aromatic rings. The fraction of sp³-hybridized carbons (Fsp3) is 0.818. The van der Waals surface area contributed by atoms with Crippen molar-refractivity contribution in [2.45, 2.75) is 58.5 Å². The fourth-order valence-electron chi connectivity index (χ4n) is 1.55. The fourth-order valence-corrected chi connectivity index (χ4v) is 1.55. The Labute approximate surface area is 96.6 Å². The molecule has 0 radical (unpaired) electrons. The summed E-state index contributed by atoms with van der Waals surface area (Å²) < 4.78 is 0. The van der Waals surface area contributed by atoms with E-state index in [4.69, 9.17) is 5.11 Å². The molecule has 5 nitrogen and oxygen atoms in total. The van der Waals surface area contributed by atoms with Gasteiger partial charge < -0.3 is 15.7 Å². The summed E-state index contributed by atoms with van der Waals surface area (Å²) in [5, 5.41) is 13.9. The lowest BCUT2D eigenvalue weighted by Crippen LogP contribution is -2.54. The Hall–Kier alpha value is -1.26. The first-order chi connectivity index (χ1) is 7.40. The van der Waals surface area contributed by atoms with Crippen LogP contribution in [0.2, 0.25) is 0 Å². The van der Waals surface area contributed by atoms with Crippen molar-refractivity contribution in [2.75, 3.05) is 0 Å². The summed E-state index contributed by atoms with van der Waals surface area (Å²) in [7, 11) is 0. The molecule has 0 saturated carbocycles. The largest absolute Gasteiger partial charge is 0.480 e. The van der Waals surface area contributed by atoms with E-state index in [9.17, 15) is 9.59 Å². The maximum atomic E-state index is 11.6. The van der Waals surface area contributed by atoms with Crippen molar-refractivity contribution in [1.82, 2.24) is 10.6 Å². The molecule has 1 atom stereocenters. The third-order valence-electron chi connectivity index (χ3n) is 3.13. The Morgan fingerprint density at radius 3 is 1.94 bits per heavy atom. The molecule has 0 aromatic heterocycles. The minimum absolute atomic E-state index is 0.234. The summed E-state index contributed by atoms with van der Waals surface area (Å²) >= 11 is 0. The Bertz CT molecular complexity index is 241. The van der Waals surface area contributed by atoms with E-state index in [0.717, 1.165) is 19.3 Å². The predicted octanol–water partition coefficient (Wildman–Crippen LogP) is 1.73. The zero-order valence-corrected chi connectivity index (χ0v) is 10.5. The van der Waals surface area contributed by atoms with Gasteiger partial charge in [-0.1, -0.05) is 20.8 Å². The van der Waals surface area contributed by atoms with E-state index in [0.29, 0.717) is 0 Å². The van der Waals surface area contributed by atoms with Crippen molar-refractivity contribution in [2.24, 2.45) is 0 Å². The van der Waals surface area contributed by atoms with Crippen molar-refractivity contribution in [3.05, 3.63) is 0 Å². The summed E-state index contributed by atoms with van der Waals surface area (Å²) in [4.78, 5) is 22.1. The van der Waals surface area contributed by atoms with Gasteiger partial charge in [0.2, 0.25) is 0 Å². The van der Waals surface area contributed by atoms with Gasteiger partial charge in [-0.15, -0.1) is 0 Å². The molecule has 3 N–H and O–H groups in total. The van der Waals surface area contributed by atoms with Crippen LogP contribution in [-0.2, 0) is 4.79 Å². The SMILES string of the molecule is CCC(CC)(CC)NC(=O)N[C@H](C)C(=O)O. The second kappa shape index (κ2) is 6.35. The normalized spacial score (nSPS) is 13.0. The third-order valence-corrected chi connectivity index (χ3v) is 3.13. The molecule has 0 heterocycles. The highest BCUT2D eigenvalue weighted by molar-refractivity contribution is 5.82. The molecule has 0 aromatic carbocycles. The second-order valence-corrected chi connectivity index (χ2v) is 4.00. The van der Waals surface area contributed by atoms with Crippen molar-refractivity contribution < 1.29 is 14.7 Å². The molecule has 0 bridgehead atoms. The van der Waals surface area contributed by atoms with E-state index in [-0.39, 0.29) is 5.54 Å². The van der Waals surface area contributed by atoms with Crippen molar-refractivity contribution in [3.63, 3.8) is 0 Å². The molecule has 16 heavy (non-hydrogen) atoms. The summed E-state index contributed by atoms with van der Waals surface area (Å²) in [5.74, 6) is -1.04. The number of hydrogen-bond donors (Lipinski definition) is 3. The molecule has 94 valence electrons. The number of amides is 2. The number of aliphatic carboxylic acids is 1. The molecule has 0 fully saturated rings. The van der Waals surface area contributed by atoms with Gasteiger partial charge in [-0.05, 0) is 26.2 Å². The Morgan fingerprint density at radius 1 is 1.19 bits per heavy atom. The lowest BCUT2D eigenvalue weighted by molar-refractivity contribution is -0.138. The van der Waals surface area contributed by atoms with Crippen LogP contribution in [0.4, 0.5) is 4.79 Å². The number of carbonyl (C=O) groups excluding carboxylic acids is 1. The molecule has 0 rings (SSSR count). The van der Waals surface area contributed by atoms with Gasteiger partial charge in [0, 0.05) is 5.54 Å². The van der Waals surface area contributed by atoms with Crippen LogP contribution < -0.4 is 10.6 Å². The first kappa shape index (κ1) is 14.7. The van der Waals surface area contributed by atoms with Gasteiger partial charge in [0.15, 0.2) is 0 Å². The summed E-state index contributed by atoms with van der Waals surface area (Å²) in [5.41, 5.74) is -0.234. The molecule has 2 amide bonds.